The first-order chi connectivity index (χ1) is 36.7. The van der Waals surface area contributed by atoms with Crippen LogP contribution >= 0.6 is 23.5 Å². The fourth-order valence-electron chi connectivity index (χ4n) is 16.5. The molecule has 0 spiro atoms. The molecule has 0 radical (unpaired) electrons. The molecule has 0 N–H and O–H groups in total. The van der Waals surface area contributed by atoms with Crippen LogP contribution in [-0.4, -0.2) is 11.3 Å². The van der Waals surface area contributed by atoms with E-state index in [0.29, 0.717) is 5.41 Å². The van der Waals surface area contributed by atoms with Crippen molar-refractivity contribution in [2.24, 2.45) is 11.8 Å². The lowest BCUT2D eigenvalue weighted by Gasteiger charge is -2.46. The molecule has 2 nitrogen and oxygen atoms in total. The molecule has 3 aliphatic heterocycles. The molecule has 8 aromatic carbocycles. The summed E-state index contributed by atoms with van der Waals surface area (Å²) in [6.45, 7) is 7.03. The van der Waals surface area contributed by atoms with Gasteiger partial charge in [-0.05, 0) is 189 Å². The van der Waals surface area contributed by atoms with Gasteiger partial charge in [0, 0.05) is 63.9 Å². The molecule has 75 heavy (non-hydrogen) atoms. The SMILES string of the molecule is CC(C)(C)c1ccc(N2c3cc4c(cc3B3c5c(cc(-c6ccccc6)cc52)-c2cc(C56CCCC(CCC5)C6)cc5c6cc(C78CCCC(CCC7)C8)ccc6n3c25)Sc2ccccc2S4)c(-c2ccccc2)c1. The molecule has 0 atom stereocenters. The summed E-state index contributed by atoms with van der Waals surface area (Å²) in [4.78, 5) is 8.10. The van der Waals surface area contributed by atoms with Crippen molar-refractivity contribution < 1.29 is 0 Å². The molecule has 4 bridgehead atoms. The Kier molecular flexibility index (Phi) is 10.2. The van der Waals surface area contributed by atoms with Crippen molar-refractivity contribution in [2.75, 3.05) is 4.90 Å². The summed E-state index contributed by atoms with van der Waals surface area (Å²) in [7, 11) is 0. The van der Waals surface area contributed by atoms with Crippen LogP contribution in [-0.2, 0) is 16.2 Å². The average Bonchev–Trinajstić information content (AvgIpc) is 3.77. The molecule has 4 aliphatic carbocycles. The summed E-state index contributed by atoms with van der Waals surface area (Å²) in [5, 5.41) is 2.97. The quantitative estimate of drug-likeness (QED) is 0.159. The highest BCUT2D eigenvalue weighted by atomic mass is 32.2. The minimum atomic E-state index is -0.0313. The average molecular weight is 1010 g/mol. The van der Waals surface area contributed by atoms with Gasteiger partial charge < -0.3 is 9.38 Å². The number of anilines is 3. The van der Waals surface area contributed by atoms with Crippen LogP contribution in [0, 0.1) is 11.8 Å². The number of fused-ring (bicyclic) bond motifs is 13. The Morgan fingerprint density at radius 3 is 1.76 bits per heavy atom. The van der Waals surface area contributed by atoms with E-state index >= 15 is 0 Å². The van der Waals surface area contributed by atoms with Crippen LogP contribution in [0.25, 0.3) is 55.2 Å². The predicted octanol–water partition coefficient (Wildman–Crippen LogP) is 18.7. The van der Waals surface area contributed by atoms with Gasteiger partial charge in [0.1, 0.15) is 0 Å². The van der Waals surface area contributed by atoms with E-state index in [1.54, 1.807) is 11.1 Å². The Hall–Kier alpha value is -5.88. The molecular formula is C70H65BN2S2. The van der Waals surface area contributed by atoms with E-state index in [2.05, 4.69) is 188 Å². The fourth-order valence-corrected chi connectivity index (χ4v) is 18.7. The molecule has 370 valence electrons. The second kappa shape index (κ2) is 16.8. The van der Waals surface area contributed by atoms with Gasteiger partial charge in [0.15, 0.2) is 0 Å². The molecule has 0 amide bonds. The summed E-state index contributed by atoms with van der Waals surface area (Å²) in [6, 6.07) is 62.9. The highest BCUT2D eigenvalue weighted by Crippen LogP contribution is 2.58. The van der Waals surface area contributed by atoms with Crippen LogP contribution < -0.4 is 15.8 Å². The van der Waals surface area contributed by atoms with Crippen molar-refractivity contribution in [3.8, 4) is 33.4 Å². The first-order valence-electron chi connectivity index (χ1n) is 28.7. The Morgan fingerprint density at radius 1 is 0.480 bits per heavy atom. The second-order valence-electron chi connectivity index (χ2n) is 25.2. The zero-order chi connectivity index (χ0) is 49.8. The van der Waals surface area contributed by atoms with Crippen molar-refractivity contribution in [1.82, 2.24) is 4.48 Å². The maximum atomic E-state index is 2.88. The summed E-state index contributed by atoms with van der Waals surface area (Å²) >= 11 is 3.90. The normalized spacial score (nSPS) is 23.1. The number of benzene rings is 8. The van der Waals surface area contributed by atoms with Crippen molar-refractivity contribution in [1.29, 1.82) is 0 Å². The number of nitrogens with zero attached hydrogens (tertiary/aromatic N) is 2. The van der Waals surface area contributed by atoms with Gasteiger partial charge in [-0.2, -0.15) is 0 Å². The van der Waals surface area contributed by atoms with Crippen LogP contribution in [0.15, 0.2) is 177 Å². The third-order valence-corrected chi connectivity index (χ3v) is 22.5. The number of hydrogen-bond acceptors (Lipinski definition) is 3. The molecular weight excluding hydrogens is 944 g/mol. The molecule has 0 unspecified atom stereocenters. The van der Waals surface area contributed by atoms with Crippen LogP contribution in [0.4, 0.5) is 17.1 Å². The first kappa shape index (κ1) is 45.3. The van der Waals surface area contributed by atoms with Crippen LogP contribution in [0.1, 0.15) is 127 Å². The summed E-state index contributed by atoms with van der Waals surface area (Å²) in [6.07, 6.45) is 19.1. The molecule has 4 saturated carbocycles. The highest BCUT2D eigenvalue weighted by molar-refractivity contribution is 8.05. The highest BCUT2D eigenvalue weighted by Gasteiger charge is 2.47. The summed E-state index contributed by atoms with van der Waals surface area (Å²) in [5.41, 5.74) is 22.5. The smallest absolute Gasteiger partial charge is 0.333 e. The van der Waals surface area contributed by atoms with Gasteiger partial charge in [0.25, 0.3) is 0 Å². The van der Waals surface area contributed by atoms with E-state index in [4.69, 9.17) is 0 Å². The van der Waals surface area contributed by atoms with Crippen LogP contribution in [0.2, 0.25) is 0 Å². The van der Waals surface area contributed by atoms with E-state index in [0.717, 1.165) is 11.8 Å². The zero-order valence-electron chi connectivity index (χ0n) is 43.9. The second-order valence-corrected chi connectivity index (χ2v) is 27.4. The maximum Gasteiger partial charge on any atom is 0.333 e. The molecule has 5 heteroatoms. The van der Waals surface area contributed by atoms with E-state index in [1.165, 1.54) is 198 Å². The molecule has 4 fully saturated rings. The maximum absolute atomic E-state index is 2.88. The minimum Gasteiger partial charge on any atom is -0.375 e. The minimum absolute atomic E-state index is 0.0205. The fraction of sp³-hybridized carbons (Fsp3) is 0.314. The van der Waals surface area contributed by atoms with E-state index in [9.17, 15) is 0 Å². The molecule has 9 aromatic rings. The Labute approximate surface area is 452 Å². The van der Waals surface area contributed by atoms with Gasteiger partial charge in [-0.25, -0.2) is 0 Å². The van der Waals surface area contributed by atoms with E-state index < -0.39 is 0 Å². The summed E-state index contributed by atoms with van der Waals surface area (Å²) < 4.78 is 2.88. The Morgan fingerprint density at radius 2 is 1.09 bits per heavy atom. The van der Waals surface area contributed by atoms with Gasteiger partial charge in [-0.3, -0.25) is 0 Å². The van der Waals surface area contributed by atoms with Gasteiger partial charge in [0.05, 0.1) is 5.69 Å². The van der Waals surface area contributed by atoms with Gasteiger partial charge in [-0.1, -0.05) is 181 Å². The van der Waals surface area contributed by atoms with Crippen molar-refractivity contribution in [2.45, 2.75) is 146 Å². The predicted molar refractivity (Wildman–Crippen MR) is 319 cm³/mol. The van der Waals surface area contributed by atoms with Gasteiger partial charge >= 0.3 is 6.85 Å². The lowest BCUT2D eigenvalue weighted by Crippen LogP contribution is -2.57. The largest absolute Gasteiger partial charge is 0.375 e. The molecule has 16 rings (SSSR count). The lowest BCUT2D eigenvalue weighted by molar-refractivity contribution is 0.149. The van der Waals surface area contributed by atoms with Crippen molar-refractivity contribution in [3.63, 3.8) is 0 Å². The monoisotopic (exact) mass is 1010 g/mol. The van der Waals surface area contributed by atoms with Gasteiger partial charge in [-0.15, -0.1) is 0 Å². The molecule has 4 heterocycles. The zero-order valence-corrected chi connectivity index (χ0v) is 45.5. The third-order valence-electron chi connectivity index (χ3n) is 20.0. The Bertz CT molecular complexity index is 3810. The Balaban J connectivity index is 1.04. The van der Waals surface area contributed by atoms with Crippen LogP contribution in [0.5, 0.6) is 0 Å². The standard InChI is InChI=1S/C70H65BN2S2/c1-68(2,3)49-26-28-58(52(36-49)47-22-8-5-9-23-47)72-60-41-65-64(74-62-24-10-11-25-63(62)75-65)40-57(60)71-66-54(34-48(35-61(66)72)46-20-6-4-7-21-46)56-39-51(70-32-14-18-45(43-70)19-15-33-70)38-55-53-37-50(27-29-59(53)73(71)67(55)56)69-30-12-16-44(42-69)17-13-31-69/h4-11,20-29,34-41,44-45H,12-19,30-33,42-43H2,1-3H3. The topological polar surface area (TPSA) is 8.17 Å². The molecule has 1 aromatic heterocycles. The van der Waals surface area contributed by atoms with Gasteiger partial charge in [0.2, 0.25) is 0 Å². The van der Waals surface area contributed by atoms with E-state index in [-0.39, 0.29) is 17.7 Å². The van der Waals surface area contributed by atoms with Crippen LogP contribution in [0.3, 0.4) is 0 Å². The van der Waals surface area contributed by atoms with E-state index in [1.807, 2.05) is 23.5 Å². The lowest BCUT2D eigenvalue weighted by atomic mass is 9.45. The third kappa shape index (κ3) is 6.94. The molecule has 0 saturated heterocycles. The molecule has 7 aliphatic rings. The first-order valence-corrected chi connectivity index (χ1v) is 30.3. The number of rotatable bonds is 5. The van der Waals surface area contributed by atoms with Crippen molar-refractivity contribution >= 4 is 80.2 Å². The van der Waals surface area contributed by atoms with Crippen molar-refractivity contribution in [3.05, 3.63) is 174 Å². The summed E-state index contributed by atoms with van der Waals surface area (Å²) in [5.74, 6) is 1.72. The number of hydrogen-bond donors (Lipinski definition) is 0. The number of aromatic nitrogens is 1.